The topological polar surface area (TPSA) is 82.4 Å². The Morgan fingerprint density at radius 2 is 2.26 bits per heavy atom. The molecule has 23 heavy (non-hydrogen) atoms. The molecule has 0 saturated carbocycles. The average molecular weight is 319 g/mol. The van der Waals surface area contributed by atoms with Crippen LogP contribution in [0.1, 0.15) is 28.8 Å². The lowest BCUT2D eigenvalue weighted by Crippen LogP contribution is -2.59. The molecule has 7 heteroatoms. The number of methoxy groups -OCH3 is 1. The third-order valence-corrected chi connectivity index (χ3v) is 4.10. The largest absolute Gasteiger partial charge is 0.382 e. The van der Waals surface area contributed by atoms with E-state index in [2.05, 4.69) is 5.32 Å². The SMILES string of the molecule is CNC(=O)C1(COC)CCCN1C(=O)c1ccc(F)c(C#N)c1. The van der Waals surface area contributed by atoms with Gasteiger partial charge in [-0.15, -0.1) is 0 Å². The van der Waals surface area contributed by atoms with Gasteiger partial charge < -0.3 is 15.0 Å². The molecule has 2 rings (SSSR count). The molecule has 0 aromatic heterocycles. The van der Waals surface area contributed by atoms with Gasteiger partial charge in [-0.25, -0.2) is 4.39 Å². The molecule has 1 heterocycles. The molecule has 1 aromatic carbocycles. The number of carbonyl (C=O) groups is 2. The zero-order valence-corrected chi connectivity index (χ0v) is 13.1. The number of halogens is 1. The average Bonchev–Trinajstić information content (AvgIpc) is 2.99. The maximum atomic E-state index is 13.4. The van der Waals surface area contributed by atoms with Crippen molar-refractivity contribution in [1.29, 1.82) is 5.26 Å². The van der Waals surface area contributed by atoms with E-state index < -0.39 is 17.3 Å². The van der Waals surface area contributed by atoms with Gasteiger partial charge in [-0.3, -0.25) is 9.59 Å². The van der Waals surface area contributed by atoms with E-state index in [-0.39, 0.29) is 23.6 Å². The Hall–Kier alpha value is -2.46. The summed E-state index contributed by atoms with van der Waals surface area (Å²) in [6.07, 6.45) is 1.15. The smallest absolute Gasteiger partial charge is 0.254 e. The number of likely N-dealkylation sites (N-methyl/N-ethyl adjacent to an activating group) is 1. The Labute approximate surface area is 133 Å². The summed E-state index contributed by atoms with van der Waals surface area (Å²) in [6, 6.07) is 5.32. The Morgan fingerprint density at radius 3 is 2.87 bits per heavy atom. The Bertz CT molecular complexity index is 671. The van der Waals surface area contributed by atoms with E-state index in [0.717, 1.165) is 6.07 Å². The van der Waals surface area contributed by atoms with Gasteiger partial charge in [-0.1, -0.05) is 0 Å². The lowest BCUT2D eigenvalue weighted by Gasteiger charge is -2.36. The summed E-state index contributed by atoms with van der Waals surface area (Å²) in [6.45, 7) is 0.472. The van der Waals surface area contributed by atoms with E-state index in [1.54, 1.807) is 6.07 Å². The van der Waals surface area contributed by atoms with Gasteiger partial charge in [-0.2, -0.15) is 5.26 Å². The van der Waals surface area contributed by atoms with Crippen LogP contribution >= 0.6 is 0 Å². The highest BCUT2D eigenvalue weighted by Crippen LogP contribution is 2.32. The number of hydrogen-bond acceptors (Lipinski definition) is 4. The van der Waals surface area contributed by atoms with Crippen molar-refractivity contribution in [2.75, 3.05) is 27.3 Å². The summed E-state index contributed by atoms with van der Waals surface area (Å²) in [5, 5.41) is 11.5. The van der Waals surface area contributed by atoms with Crippen molar-refractivity contribution in [3.63, 3.8) is 0 Å². The zero-order chi connectivity index (χ0) is 17.0. The molecule has 1 aromatic rings. The number of ether oxygens (including phenoxy) is 1. The van der Waals surface area contributed by atoms with Crippen LogP contribution in [0.3, 0.4) is 0 Å². The Balaban J connectivity index is 2.40. The van der Waals surface area contributed by atoms with Gasteiger partial charge in [0.05, 0.1) is 12.2 Å². The molecule has 0 bridgehead atoms. The molecule has 1 saturated heterocycles. The fourth-order valence-corrected chi connectivity index (χ4v) is 3.00. The summed E-state index contributed by atoms with van der Waals surface area (Å²) in [5.41, 5.74) is -1.11. The minimum absolute atomic E-state index is 0.0741. The van der Waals surface area contributed by atoms with E-state index in [0.29, 0.717) is 19.4 Å². The first-order valence-electron chi connectivity index (χ1n) is 7.23. The number of nitrogens with zero attached hydrogens (tertiary/aromatic N) is 2. The molecule has 1 fully saturated rings. The highest BCUT2D eigenvalue weighted by atomic mass is 19.1. The van der Waals surface area contributed by atoms with Crippen LogP contribution < -0.4 is 5.32 Å². The van der Waals surface area contributed by atoms with Crippen LogP contribution in [-0.2, 0) is 9.53 Å². The van der Waals surface area contributed by atoms with Crippen LogP contribution in [0, 0.1) is 17.1 Å². The lowest BCUT2D eigenvalue weighted by atomic mass is 9.95. The molecule has 1 N–H and O–H groups in total. The maximum absolute atomic E-state index is 13.4. The zero-order valence-electron chi connectivity index (χ0n) is 13.1. The number of benzene rings is 1. The van der Waals surface area contributed by atoms with Gasteiger partial charge >= 0.3 is 0 Å². The first-order chi connectivity index (χ1) is 11.0. The Morgan fingerprint density at radius 1 is 1.52 bits per heavy atom. The van der Waals surface area contributed by atoms with Crippen molar-refractivity contribution < 1.29 is 18.7 Å². The van der Waals surface area contributed by atoms with Gasteiger partial charge in [-0.05, 0) is 31.0 Å². The molecule has 0 aliphatic carbocycles. The van der Waals surface area contributed by atoms with Gasteiger partial charge in [0.25, 0.3) is 5.91 Å². The molecule has 0 radical (unpaired) electrons. The van der Waals surface area contributed by atoms with Crippen LogP contribution in [0.5, 0.6) is 0 Å². The van der Waals surface area contributed by atoms with Gasteiger partial charge in [0.1, 0.15) is 17.4 Å². The van der Waals surface area contributed by atoms with E-state index in [1.165, 1.54) is 31.2 Å². The van der Waals surface area contributed by atoms with E-state index in [9.17, 15) is 14.0 Å². The van der Waals surface area contributed by atoms with E-state index in [1.807, 2.05) is 0 Å². The quantitative estimate of drug-likeness (QED) is 0.900. The number of rotatable bonds is 4. The molecular weight excluding hydrogens is 301 g/mol. The van der Waals surface area contributed by atoms with Gasteiger partial charge in [0.15, 0.2) is 0 Å². The van der Waals surface area contributed by atoms with Crippen molar-refractivity contribution in [1.82, 2.24) is 10.2 Å². The third kappa shape index (κ3) is 2.90. The van der Waals surface area contributed by atoms with Crippen molar-refractivity contribution in [2.45, 2.75) is 18.4 Å². The fraction of sp³-hybridized carbons (Fsp3) is 0.438. The van der Waals surface area contributed by atoms with Crippen molar-refractivity contribution in [3.8, 4) is 6.07 Å². The number of carbonyl (C=O) groups excluding carboxylic acids is 2. The summed E-state index contributed by atoms with van der Waals surface area (Å²) in [4.78, 5) is 26.6. The minimum Gasteiger partial charge on any atom is -0.382 e. The van der Waals surface area contributed by atoms with Crippen LogP contribution in [0.4, 0.5) is 4.39 Å². The molecule has 1 atom stereocenters. The van der Waals surface area contributed by atoms with Crippen LogP contribution in [0.25, 0.3) is 0 Å². The monoisotopic (exact) mass is 319 g/mol. The molecule has 1 aliphatic rings. The van der Waals surface area contributed by atoms with Crippen molar-refractivity contribution >= 4 is 11.8 Å². The third-order valence-electron chi connectivity index (χ3n) is 4.10. The second-order valence-electron chi connectivity index (χ2n) is 5.41. The molecule has 0 spiro atoms. The lowest BCUT2D eigenvalue weighted by molar-refractivity contribution is -0.133. The molecular formula is C16H18FN3O3. The standard InChI is InChI=1S/C16H18FN3O3/c1-19-15(22)16(10-23-2)6-3-7-20(16)14(21)11-4-5-13(17)12(8-11)9-18/h4-5,8H,3,6-7,10H2,1-2H3,(H,19,22). The second-order valence-corrected chi connectivity index (χ2v) is 5.41. The molecule has 6 nitrogen and oxygen atoms in total. The summed E-state index contributed by atoms with van der Waals surface area (Å²) in [5.74, 6) is -1.40. The van der Waals surface area contributed by atoms with E-state index in [4.69, 9.17) is 10.00 Å². The first-order valence-corrected chi connectivity index (χ1v) is 7.23. The maximum Gasteiger partial charge on any atom is 0.254 e. The summed E-state index contributed by atoms with van der Waals surface area (Å²) < 4.78 is 18.6. The van der Waals surface area contributed by atoms with Crippen LogP contribution in [-0.4, -0.2) is 49.6 Å². The highest BCUT2D eigenvalue weighted by Gasteiger charge is 2.49. The fourth-order valence-electron chi connectivity index (χ4n) is 3.00. The summed E-state index contributed by atoms with van der Waals surface area (Å²) in [7, 11) is 2.98. The number of likely N-dealkylation sites (tertiary alicyclic amines) is 1. The molecule has 2 amide bonds. The minimum atomic E-state index is -1.08. The number of hydrogen-bond donors (Lipinski definition) is 1. The molecule has 122 valence electrons. The predicted octanol–water partition coefficient (Wildman–Crippen LogP) is 1.06. The predicted molar refractivity (Wildman–Crippen MR) is 80.1 cm³/mol. The number of nitriles is 1. The van der Waals surface area contributed by atoms with Gasteiger partial charge in [0, 0.05) is 26.3 Å². The summed E-state index contributed by atoms with van der Waals surface area (Å²) >= 11 is 0. The Kier molecular flexibility index (Phi) is 4.96. The van der Waals surface area contributed by atoms with Crippen LogP contribution in [0.15, 0.2) is 18.2 Å². The first kappa shape index (κ1) is 16.9. The van der Waals surface area contributed by atoms with Crippen molar-refractivity contribution in [2.24, 2.45) is 0 Å². The van der Waals surface area contributed by atoms with Gasteiger partial charge in [0.2, 0.25) is 5.91 Å². The van der Waals surface area contributed by atoms with E-state index >= 15 is 0 Å². The highest BCUT2D eigenvalue weighted by molar-refractivity contribution is 6.00. The number of nitrogens with one attached hydrogen (secondary N) is 1. The number of amides is 2. The normalized spacial score (nSPS) is 20.2. The van der Waals surface area contributed by atoms with Crippen molar-refractivity contribution in [3.05, 3.63) is 35.1 Å². The molecule has 1 aliphatic heterocycles. The molecule has 1 unspecified atom stereocenters. The van der Waals surface area contributed by atoms with Crippen LogP contribution in [0.2, 0.25) is 0 Å². The second kappa shape index (κ2) is 6.75.